The average Bonchev–Trinajstić information content (AvgIpc) is 3.55. The summed E-state index contributed by atoms with van der Waals surface area (Å²) in [5, 5.41) is 6.63. The summed E-state index contributed by atoms with van der Waals surface area (Å²) in [6.07, 6.45) is 1.93. The van der Waals surface area contributed by atoms with Gasteiger partial charge in [0.05, 0.1) is 6.54 Å². The molecule has 2 aromatic rings. The Labute approximate surface area is 183 Å². The monoisotopic (exact) mass is 426 g/mol. The molecule has 0 atom stereocenters. The van der Waals surface area contributed by atoms with Crippen molar-refractivity contribution in [1.29, 1.82) is 0 Å². The molecule has 1 aliphatic carbocycles. The van der Waals surface area contributed by atoms with Crippen molar-refractivity contribution in [2.45, 2.75) is 31.7 Å². The van der Waals surface area contributed by atoms with E-state index in [9.17, 15) is 9.18 Å². The molecule has 7 heteroatoms. The summed E-state index contributed by atoms with van der Waals surface area (Å²) in [5.41, 5.74) is 1.59. The molecule has 1 saturated carbocycles. The normalized spacial score (nSPS) is 14.6. The van der Waals surface area contributed by atoms with Crippen LogP contribution in [-0.2, 0) is 16.8 Å². The van der Waals surface area contributed by atoms with Gasteiger partial charge in [-0.05, 0) is 49.1 Å². The Bertz CT molecular complexity index is 925. The SMILES string of the molecule is CCNC(=NCc1cccc(OCC(=O)N(C)C)c1)NCC1(c2ccccc2F)CC1. The number of guanidine groups is 1. The molecule has 0 heterocycles. The van der Waals surface area contributed by atoms with Crippen molar-refractivity contribution < 1.29 is 13.9 Å². The summed E-state index contributed by atoms with van der Waals surface area (Å²) < 4.78 is 19.8. The highest BCUT2D eigenvalue weighted by molar-refractivity contribution is 5.80. The van der Waals surface area contributed by atoms with Crippen molar-refractivity contribution >= 4 is 11.9 Å². The molecule has 1 aliphatic rings. The number of nitrogens with zero attached hydrogens (tertiary/aromatic N) is 2. The number of nitrogens with one attached hydrogen (secondary N) is 2. The summed E-state index contributed by atoms with van der Waals surface area (Å²) in [6.45, 7) is 3.84. The molecule has 0 aliphatic heterocycles. The van der Waals surface area contributed by atoms with Crippen LogP contribution in [-0.4, -0.2) is 50.6 Å². The highest BCUT2D eigenvalue weighted by Gasteiger charge is 2.45. The number of carbonyl (C=O) groups excluding carboxylic acids is 1. The first kappa shape index (κ1) is 22.6. The van der Waals surface area contributed by atoms with Crippen molar-refractivity contribution in [2.24, 2.45) is 4.99 Å². The van der Waals surface area contributed by atoms with Crippen LogP contribution in [0.15, 0.2) is 53.5 Å². The van der Waals surface area contributed by atoms with Crippen LogP contribution >= 0.6 is 0 Å². The molecular weight excluding hydrogens is 395 g/mol. The zero-order valence-corrected chi connectivity index (χ0v) is 18.5. The standard InChI is InChI=1S/C24H31FN4O2/c1-4-26-23(28-17-24(12-13-24)20-10-5-6-11-21(20)25)27-15-18-8-7-9-19(14-18)31-16-22(30)29(2)3/h5-11,14H,4,12-13,15-17H2,1-3H3,(H2,26,27,28). The van der Waals surface area contributed by atoms with Crippen molar-refractivity contribution in [1.82, 2.24) is 15.5 Å². The van der Waals surface area contributed by atoms with Crippen LogP contribution < -0.4 is 15.4 Å². The number of likely N-dealkylation sites (N-methyl/N-ethyl adjacent to an activating group) is 1. The Morgan fingerprint density at radius 2 is 1.94 bits per heavy atom. The fourth-order valence-corrected chi connectivity index (χ4v) is 3.36. The van der Waals surface area contributed by atoms with Gasteiger partial charge in [0.25, 0.3) is 5.91 Å². The Kier molecular flexibility index (Phi) is 7.50. The minimum atomic E-state index is -0.158. The van der Waals surface area contributed by atoms with E-state index >= 15 is 0 Å². The molecule has 31 heavy (non-hydrogen) atoms. The molecule has 0 bridgehead atoms. The van der Waals surface area contributed by atoms with Gasteiger partial charge in [-0.3, -0.25) is 4.79 Å². The lowest BCUT2D eigenvalue weighted by molar-refractivity contribution is -0.130. The van der Waals surface area contributed by atoms with Gasteiger partial charge < -0.3 is 20.3 Å². The molecule has 2 aromatic carbocycles. The predicted octanol–water partition coefficient (Wildman–Crippen LogP) is 3.08. The maximum absolute atomic E-state index is 14.3. The number of ether oxygens (including phenoxy) is 1. The third-order valence-corrected chi connectivity index (χ3v) is 5.42. The number of hydrogen-bond donors (Lipinski definition) is 2. The van der Waals surface area contributed by atoms with Crippen LogP contribution in [0.5, 0.6) is 5.75 Å². The molecule has 0 aromatic heterocycles. The molecule has 3 rings (SSSR count). The van der Waals surface area contributed by atoms with Gasteiger partial charge in [-0.15, -0.1) is 0 Å². The first-order valence-electron chi connectivity index (χ1n) is 10.6. The summed E-state index contributed by atoms with van der Waals surface area (Å²) >= 11 is 0. The van der Waals surface area contributed by atoms with E-state index in [1.54, 1.807) is 20.2 Å². The second-order valence-electron chi connectivity index (χ2n) is 8.03. The fraction of sp³-hybridized carbons (Fsp3) is 0.417. The lowest BCUT2D eigenvalue weighted by atomic mass is 9.95. The minimum Gasteiger partial charge on any atom is -0.484 e. The molecule has 166 valence electrons. The lowest BCUT2D eigenvalue weighted by Crippen LogP contribution is -2.41. The first-order chi connectivity index (χ1) is 14.9. The van der Waals surface area contributed by atoms with E-state index in [0.29, 0.717) is 24.8 Å². The molecule has 0 spiro atoms. The number of amides is 1. The van der Waals surface area contributed by atoms with Gasteiger partial charge in [0.1, 0.15) is 11.6 Å². The Hall–Kier alpha value is -3.09. The molecular formula is C24H31FN4O2. The van der Waals surface area contributed by atoms with Crippen LogP contribution in [0.2, 0.25) is 0 Å². The zero-order valence-electron chi connectivity index (χ0n) is 18.5. The van der Waals surface area contributed by atoms with E-state index in [0.717, 1.165) is 30.5 Å². The van der Waals surface area contributed by atoms with Gasteiger partial charge in [0, 0.05) is 32.6 Å². The van der Waals surface area contributed by atoms with Crippen LogP contribution in [0.1, 0.15) is 30.9 Å². The number of benzene rings is 2. The topological polar surface area (TPSA) is 66.0 Å². The number of aliphatic imine (C=N–C) groups is 1. The Morgan fingerprint density at radius 3 is 2.61 bits per heavy atom. The molecule has 6 nitrogen and oxygen atoms in total. The number of halogens is 1. The Balaban J connectivity index is 1.61. The molecule has 0 unspecified atom stereocenters. The molecule has 1 amide bonds. The quantitative estimate of drug-likeness (QED) is 0.478. The van der Waals surface area contributed by atoms with E-state index < -0.39 is 0 Å². The second kappa shape index (κ2) is 10.3. The van der Waals surface area contributed by atoms with Gasteiger partial charge in [-0.1, -0.05) is 30.3 Å². The molecule has 0 saturated heterocycles. The molecule has 1 fully saturated rings. The maximum Gasteiger partial charge on any atom is 0.259 e. The average molecular weight is 427 g/mol. The fourth-order valence-electron chi connectivity index (χ4n) is 3.36. The van der Waals surface area contributed by atoms with Gasteiger partial charge in [-0.25, -0.2) is 9.38 Å². The highest BCUT2D eigenvalue weighted by Crippen LogP contribution is 2.48. The summed E-state index contributed by atoms with van der Waals surface area (Å²) in [7, 11) is 3.40. The van der Waals surface area contributed by atoms with E-state index in [1.807, 2.05) is 43.3 Å². The summed E-state index contributed by atoms with van der Waals surface area (Å²) in [4.78, 5) is 17.9. The van der Waals surface area contributed by atoms with E-state index in [2.05, 4.69) is 15.6 Å². The smallest absolute Gasteiger partial charge is 0.259 e. The first-order valence-corrected chi connectivity index (χ1v) is 10.6. The van der Waals surface area contributed by atoms with Gasteiger partial charge in [-0.2, -0.15) is 0 Å². The van der Waals surface area contributed by atoms with Gasteiger partial charge >= 0.3 is 0 Å². The van der Waals surface area contributed by atoms with Crippen LogP contribution in [0, 0.1) is 5.82 Å². The van der Waals surface area contributed by atoms with Crippen molar-refractivity contribution in [3.63, 3.8) is 0 Å². The van der Waals surface area contributed by atoms with E-state index in [4.69, 9.17) is 4.74 Å². The van der Waals surface area contributed by atoms with Crippen molar-refractivity contribution in [2.75, 3.05) is 33.8 Å². The number of carbonyl (C=O) groups is 1. The zero-order chi connectivity index (χ0) is 22.3. The third kappa shape index (κ3) is 6.20. The second-order valence-corrected chi connectivity index (χ2v) is 8.03. The van der Waals surface area contributed by atoms with Crippen LogP contribution in [0.25, 0.3) is 0 Å². The number of rotatable bonds is 9. The minimum absolute atomic E-state index is 0.00203. The Morgan fingerprint density at radius 1 is 1.16 bits per heavy atom. The maximum atomic E-state index is 14.3. The summed E-state index contributed by atoms with van der Waals surface area (Å²) in [5.74, 6) is 1.09. The van der Waals surface area contributed by atoms with Gasteiger partial charge in [0.15, 0.2) is 12.6 Å². The van der Waals surface area contributed by atoms with Crippen LogP contribution in [0.4, 0.5) is 4.39 Å². The van der Waals surface area contributed by atoms with E-state index in [1.165, 1.54) is 11.0 Å². The molecule has 2 N–H and O–H groups in total. The van der Waals surface area contributed by atoms with Crippen LogP contribution in [0.3, 0.4) is 0 Å². The third-order valence-electron chi connectivity index (χ3n) is 5.42. The van der Waals surface area contributed by atoms with Crippen molar-refractivity contribution in [3.8, 4) is 5.75 Å². The number of hydrogen-bond acceptors (Lipinski definition) is 3. The summed E-state index contributed by atoms with van der Waals surface area (Å²) in [6, 6.07) is 14.6. The lowest BCUT2D eigenvalue weighted by Gasteiger charge is -2.19. The van der Waals surface area contributed by atoms with Gasteiger partial charge in [0.2, 0.25) is 0 Å². The highest BCUT2D eigenvalue weighted by atomic mass is 19.1. The van der Waals surface area contributed by atoms with E-state index in [-0.39, 0.29) is 23.7 Å². The predicted molar refractivity (Wildman–Crippen MR) is 121 cm³/mol. The largest absolute Gasteiger partial charge is 0.484 e. The van der Waals surface area contributed by atoms with Crippen molar-refractivity contribution in [3.05, 3.63) is 65.5 Å². The molecule has 0 radical (unpaired) electrons.